The van der Waals surface area contributed by atoms with Crippen LogP contribution in [0.3, 0.4) is 0 Å². The van der Waals surface area contributed by atoms with Gasteiger partial charge in [0.2, 0.25) is 11.7 Å². The van der Waals surface area contributed by atoms with Crippen molar-refractivity contribution in [1.82, 2.24) is 19.2 Å². The van der Waals surface area contributed by atoms with Crippen molar-refractivity contribution >= 4 is 39.9 Å². The van der Waals surface area contributed by atoms with Crippen LogP contribution in [0.5, 0.6) is 0 Å². The van der Waals surface area contributed by atoms with E-state index in [1.807, 2.05) is 52.9 Å². The zero-order valence-electron chi connectivity index (χ0n) is 17.1. The van der Waals surface area contributed by atoms with E-state index in [4.69, 9.17) is 11.6 Å². The molecule has 0 atom stereocenters. The van der Waals surface area contributed by atoms with Crippen molar-refractivity contribution in [1.29, 1.82) is 0 Å². The number of anilines is 1. The quantitative estimate of drug-likeness (QED) is 0.447. The summed E-state index contributed by atoms with van der Waals surface area (Å²) in [5, 5.41) is 12.7. The number of aromatic nitrogens is 4. The SMILES string of the molecule is CC(=O)Nc1ccc(-c2nnc3n(Cc4ccccc4Cl)c(=O)c4ccccc4n23)cc1. The first kappa shape index (κ1) is 20.0. The van der Waals surface area contributed by atoms with Crippen LogP contribution in [0, 0.1) is 0 Å². The molecule has 32 heavy (non-hydrogen) atoms. The van der Waals surface area contributed by atoms with Gasteiger partial charge in [-0.2, -0.15) is 0 Å². The highest BCUT2D eigenvalue weighted by Gasteiger charge is 2.18. The fourth-order valence-corrected chi connectivity index (χ4v) is 3.99. The maximum Gasteiger partial charge on any atom is 0.263 e. The van der Waals surface area contributed by atoms with Crippen LogP contribution in [0.2, 0.25) is 5.02 Å². The van der Waals surface area contributed by atoms with Crippen LogP contribution < -0.4 is 10.9 Å². The number of amides is 1. The molecule has 8 heteroatoms. The fraction of sp³-hybridized carbons (Fsp3) is 0.0833. The lowest BCUT2D eigenvalue weighted by Gasteiger charge is -2.12. The minimum Gasteiger partial charge on any atom is -0.326 e. The Labute approximate surface area is 187 Å². The Bertz CT molecular complexity index is 1540. The molecule has 158 valence electrons. The molecule has 5 aromatic rings. The molecular formula is C24H18ClN5O2. The molecule has 1 N–H and O–H groups in total. The van der Waals surface area contributed by atoms with Crippen LogP contribution in [0.1, 0.15) is 12.5 Å². The molecule has 1 amide bonds. The van der Waals surface area contributed by atoms with Crippen molar-refractivity contribution in [2.75, 3.05) is 5.32 Å². The average molecular weight is 444 g/mol. The molecule has 2 aromatic heterocycles. The van der Waals surface area contributed by atoms with Crippen LogP contribution in [0.25, 0.3) is 28.1 Å². The van der Waals surface area contributed by atoms with Crippen LogP contribution in [-0.4, -0.2) is 25.1 Å². The topological polar surface area (TPSA) is 81.3 Å². The summed E-state index contributed by atoms with van der Waals surface area (Å²) in [5.41, 5.74) is 2.87. The van der Waals surface area contributed by atoms with Gasteiger partial charge in [-0.05, 0) is 48.0 Å². The van der Waals surface area contributed by atoms with Crippen molar-refractivity contribution in [3.8, 4) is 11.4 Å². The predicted octanol–water partition coefficient (Wildman–Crippen LogP) is 4.37. The van der Waals surface area contributed by atoms with Crippen molar-refractivity contribution in [2.45, 2.75) is 13.5 Å². The maximum absolute atomic E-state index is 13.3. The van der Waals surface area contributed by atoms with Crippen LogP contribution in [0.15, 0.2) is 77.6 Å². The summed E-state index contributed by atoms with van der Waals surface area (Å²) in [6, 6.07) is 22.1. The third-order valence-corrected chi connectivity index (χ3v) is 5.63. The molecule has 0 saturated heterocycles. The van der Waals surface area contributed by atoms with Gasteiger partial charge in [-0.25, -0.2) is 0 Å². The summed E-state index contributed by atoms with van der Waals surface area (Å²) in [6.07, 6.45) is 0. The molecule has 0 radical (unpaired) electrons. The Morgan fingerprint density at radius 1 is 0.969 bits per heavy atom. The highest BCUT2D eigenvalue weighted by atomic mass is 35.5. The van der Waals surface area contributed by atoms with Gasteiger partial charge >= 0.3 is 0 Å². The Morgan fingerprint density at radius 2 is 1.69 bits per heavy atom. The van der Waals surface area contributed by atoms with E-state index in [9.17, 15) is 9.59 Å². The molecule has 0 aliphatic carbocycles. The van der Waals surface area contributed by atoms with E-state index < -0.39 is 0 Å². The highest BCUT2D eigenvalue weighted by molar-refractivity contribution is 6.31. The maximum atomic E-state index is 13.3. The molecule has 0 bridgehead atoms. The second-order valence-corrected chi connectivity index (χ2v) is 7.82. The predicted molar refractivity (Wildman–Crippen MR) is 125 cm³/mol. The second kappa shape index (κ2) is 7.94. The molecule has 7 nitrogen and oxygen atoms in total. The Kier molecular flexibility index (Phi) is 4.95. The van der Waals surface area contributed by atoms with Gasteiger partial charge < -0.3 is 5.32 Å². The molecule has 0 fully saturated rings. The van der Waals surface area contributed by atoms with Crippen LogP contribution >= 0.6 is 11.6 Å². The van der Waals surface area contributed by atoms with Gasteiger partial charge in [0.05, 0.1) is 17.4 Å². The van der Waals surface area contributed by atoms with E-state index in [2.05, 4.69) is 15.5 Å². The van der Waals surface area contributed by atoms with Gasteiger partial charge in [-0.1, -0.05) is 41.9 Å². The van der Waals surface area contributed by atoms with E-state index in [0.717, 1.165) is 11.1 Å². The Hall–Kier alpha value is -3.97. The van der Waals surface area contributed by atoms with Crippen molar-refractivity contribution < 1.29 is 4.79 Å². The first-order valence-electron chi connectivity index (χ1n) is 10.0. The molecule has 3 aromatic carbocycles. The third kappa shape index (κ3) is 3.42. The second-order valence-electron chi connectivity index (χ2n) is 7.42. The van der Waals surface area contributed by atoms with Gasteiger partial charge in [-0.15, -0.1) is 10.2 Å². The van der Waals surface area contributed by atoms with Crippen molar-refractivity contribution in [2.24, 2.45) is 0 Å². The number of hydrogen-bond acceptors (Lipinski definition) is 4. The summed E-state index contributed by atoms with van der Waals surface area (Å²) in [6.45, 7) is 1.73. The number of benzene rings is 3. The largest absolute Gasteiger partial charge is 0.326 e. The molecule has 0 aliphatic rings. The smallest absolute Gasteiger partial charge is 0.263 e. The number of halogens is 1. The number of carbonyl (C=O) groups excluding carboxylic acids is 1. The van der Waals surface area contributed by atoms with Crippen LogP contribution in [0.4, 0.5) is 5.69 Å². The summed E-state index contributed by atoms with van der Waals surface area (Å²) in [5.74, 6) is 0.883. The van der Waals surface area contributed by atoms with E-state index in [1.54, 1.807) is 28.8 Å². The standard InChI is InChI=1S/C24H18ClN5O2/c1-15(31)26-18-12-10-16(11-13-18)22-27-28-24-29(14-17-6-2-4-8-20(17)25)23(32)19-7-3-5-9-21(19)30(22)24/h2-13H,14H2,1H3,(H,26,31). The molecule has 0 saturated carbocycles. The lowest BCUT2D eigenvalue weighted by Crippen LogP contribution is -2.24. The molecule has 0 unspecified atom stereocenters. The lowest BCUT2D eigenvalue weighted by atomic mass is 10.1. The first-order chi connectivity index (χ1) is 15.5. The highest BCUT2D eigenvalue weighted by Crippen LogP contribution is 2.25. The molecule has 5 rings (SSSR count). The monoisotopic (exact) mass is 443 g/mol. The number of carbonyl (C=O) groups is 1. The number of nitrogens with zero attached hydrogens (tertiary/aromatic N) is 4. The van der Waals surface area contributed by atoms with Crippen LogP contribution in [-0.2, 0) is 11.3 Å². The average Bonchev–Trinajstić information content (AvgIpc) is 3.23. The number of fused-ring (bicyclic) bond motifs is 3. The zero-order chi connectivity index (χ0) is 22.2. The van der Waals surface area contributed by atoms with E-state index in [-0.39, 0.29) is 18.0 Å². The number of nitrogens with one attached hydrogen (secondary N) is 1. The number of hydrogen-bond donors (Lipinski definition) is 1. The van der Waals surface area contributed by atoms with Gasteiger partial charge in [-0.3, -0.25) is 18.6 Å². The Balaban J connectivity index is 1.74. The minimum atomic E-state index is -0.159. The van der Waals surface area contributed by atoms with E-state index >= 15 is 0 Å². The zero-order valence-corrected chi connectivity index (χ0v) is 17.9. The third-order valence-electron chi connectivity index (χ3n) is 5.26. The van der Waals surface area contributed by atoms with Gasteiger partial charge in [0.25, 0.3) is 5.56 Å². The van der Waals surface area contributed by atoms with Gasteiger partial charge in [0, 0.05) is 23.2 Å². The van der Waals surface area contributed by atoms with E-state index in [1.165, 1.54) is 6.92 Å². The molecule has 2 heterocycles. The summed E-state index contributed by atoms with van der Waals surface area (Å²) < 4.78 is 3.46. The van der Waals surface area contributed by atoms with Crippen molar-refractivity contribution in [3.63, 3.8) is 0 Å². The number of para-hydroxylation sites is 1. The first-order valence-corrected chi connectivity index (χ1v) is 10.4. The summed E-state index contributed by atoms with van der Waals surface area (Å²) in [4.78, 5) is 24.7. The minimum absolute atomic E-state index is 0.139. The molecular weight excluding hydrogens is 426 g/mol. The fourth-order valence-electron chi connectivity index (χ4n) is 3.79. The van der Waals surface area contributed by atoms with Gasteiger partial charge in [0.1, 0.15) is 0 Å². The number of rotatable bonds is 4. The summed E-state index contributed by atoms with van der Waals surface area (Å²) >= 11 is 6.36. The van der Waals surface area contributed by atoms with Crippen molar-refractivity contribution in [3.05, 3.63) is 93.7 Å². The lowest BCUT2D eigenvalue weighted by molar-refractivity contribution is -0.114. The Morgan fingerprint density at radius 3 is 2.44 bits per heavy atom. The molecule has 0 aliphatic heterocycles. The van der Waals surface area contributed by atoms with Gasteiger partial charge in [0.15, 0.2) is 5.82 Å². The molecule has 0 spiro atoms. The van der Waals surface area contributed by atoms with E-state index in [0.29, 0.717) is 33.2 Å². The normalized spacial score (nSPS) is 11.2. The summed E-state index contributed by atoms with van der Waals surface area (Å²) in [7, 11) is 0.